The molecular formula is C18H20FNO2S. The highest BCUT2D eigenvalue weighted by molar-refractivity contribution is 7.09. The van der Waals surface area contributed by atoms with E-state index >= 15 is 0 Å². The van der Waals surface area contributed by atoms with Gasteiger partial charge in [-0.2, -0.15) is 0 Å². The van der Waals surface area contributed by atoms with Gasteiger partial charge in [0, 0.05) is 10.9 Å². The molecule has 5 heteroatoms. The molecule has 0 aliphatic heterocycles. The molecule has 1 amide bonds. The van der Waals surface area contributed by atoms with Crippen LogP contribution in [0.1, 0.15) is 31.6 Å². The lowest BCUT2D eigenvalue weighted by molar-refractivity contribution is -0.146. The van der Waals surface area contributed by atoms with Crippen molar-refractivity contribution in [3.05, 3.63) is 52.5 Å². The van der Waals surface area contributed by atoms with E-state index in [1.54, 1.807) is 37.3 Å². The Kier molecular flexibility index (Phi) is 4.39. The van der Waals surface area contributed by atoms with Crippen LogP contribution >= 0.6 is 11.3 Å². The van der Waals surface area contributed by atoms with Crippen molar-refractivity contribution in [2.24, 2.45) is 0 Å². The number of thiophene rings is 1. The van der Waals surface area contributed by atoms with E-state index in [1.165, 1.54) is 17.0 Å². The normalized spacial score (nSPS) is 14.6. The largest absolute Gasteiger partial charge is 0.478 e. The van der Waals surface area contributed by atoms with Gasteiger partial charge in [0.25, 0.3) is 5.91 Å². The van der Waals surface area contributed by atoms with Gasteiger partial charge in [0.15, 0.2) is 5.60 Å². The van der Waals surface area contributed by atoms with Gasteiger partial charge in [0.05, 0.1) is 6.54 Å². The Hall–Kier alpha value is -1.88. The van der Waals surface area contributed by atoms with Crippen molar-refractivity contribution in [1.29, 1.82) is 0 Å². The smallest absolute Gasteiger partial charge is 0.266 e. The number of halogens is 1. The number of ether oxygens (including phenoxy) is 1. The number of nitrogens with zero attached hydrogens (tertiary/aromatic N) is 1. The van der Waals surface area contributed by atoms with Crippen molar-refractivity contribution >= 4 is 17.2 Å². The summed E-state index contributed by atoms with van der Waals surface area (Å²) in [6.45, 7) is 4.16. The zero-order chi connectivity index (χ0) is 16.4. The summed E-state index contributed by atoms with van der Waals surface area (Å²) >= 11 is 1.65. The number of hydrogen-bond donors (Lipinski definition) is 0. The first-order chi connectivity index (χ1) is 11.0. The average Bonchev–Trinajstić information content (AvgIpc) is 3.23. The van der Waals surface area contributed by atoms with E-state index in [4.69, 9.17) is 4.74 Å². The van der Waals surface area contributed by atoms with Crippen molar-refractivity contribution in [2.45, 2.75) is 44.9 Å². The van der Waals surface area contributed by atoms with Crippen molar-refractivity contribution < 1.29 is 13.9 Å². The Labute approximate surface area is 139 Å². The molecule has 0 radical (unpaired) electrons. The molecule has 2 aromatic rings. The van der Waals surface area contributed by atoms with Crippen molar-refractivity contribution in [3.63, 3.8) is 0 Å². The van der Waals surface area contributed by atoms with E-state index in [-0.39, 0.29) is 11.7 Å². The molecule has 0 N–H and O–H groups in total. The first-order valence-electron chi connectivity index (χ1n) is 7.74. The average molecular weight is 333 g/mol. The minimum absolute atomic E-state index is 0.0299. The quantitative estimate of drug-likeness (QED) is 0.791. The van der Waals surface area contributed by atoms with E-state index in [2.05, 4.69) is 0 Å². The molecule has 1 aliphatic rings. The SMILES string of the molecule is CC(C)(Oc1ccc(F)cc1)C(=O)N(Cc1cccs1)C1CC1. The molecule has 1 heterocycles. The van der Waals surface area contributed by atoms with Gasteiger partial charge in [0.1, 0.15) is 11.6 Å². The predicted molar refractivity (Wildman–Crippen MR) is 89.0 cm³/mol. The van der Waals surface area contributed by atoms with Gasteiger partial charge >= 0.3 is 0 Å². The highest BCUT2D eigenvalue weighted by Gasteiger charge is 2.41. The highest BCUT2D eigenvalue weighted by atomic mass is 32.1. The van der Waals surface area contributed by atoms with E-state index in [0.29, 0.717) is 18.3 Å². The third-order valence-corrected chi connectivity index (χ3v) is 4.72. The summed E-state index contributed by atoms with van der Waals surface area (Å²) in [5.41, 5.74) is -0.988. The number of rotatable bonds is 6. The molecule has 1 aromatic heterocycles. The number of hydrogen-bond acceptors (Lipinski definition) is 3. The van der Waals surface area contributed by atoms with Crippen molar-refractivity contribution in [3.8, 4) is 5.75 Å². The Morgan fingerprint density at radius 2 is 2.00 bits per heavy atom. The molecule has 0 unspecified atom stereocenters. The summed E-state index contributed by atoms with van der Waals surface area (Å²) in [6, 6.07) is 10.1. The van der Waals surface area contributed by atoms with Gasteiger partial charge < -0.3 is 9.64 Å². The first-order valence-corrected chi connectivity index (χ1v) is 8.62. The summed E-state index contributed by atoms with van der Waals surface area (Å²) in [6.07, 6.45) is 2.09. The fourth-order valence-corrected chi connectivity index (χ4v) is 3.21. The van der Waals surface area contributed by atoms with Gasteiger partial charge in [-0.15, -0.1) is 11.3 Å². The van der Waals surface area contributed by atoms with Gasteiger partial charge in [-0.25, -0.2) is 4.39 Å². The second kappa shape index (κ2) is 6.32. The molecule has 3 rings (SSSR count). The maximum Gasteiger partial charge on any atom is 0.266 e. The van der Waals surface area contributed by atoms with Gasteiger partial charge in [0.2, 0.25) is 0 Å². The topological polar surface area (TPSA) is 29.5 Å². The summed E-state index contributed by atoms with van der Waals surface area (Å²) in [5.74, 6) is 0.146. The Morgan fingerprint density at radius 1 is 1.30 bits per heavy atom. The van der Waals surface area contributed by atoms with Crippen LogP contribution in [0.5, 0.6) is 5.75 Å². The summed E-state index contributed by atoms with van der Waals surface area (Å²) < 4.78 is 18.8. The van der Waals surface area contributed by atoms with Crippen LogP contribution in [0.4, 0.5) is 4.39 Å². The standard InChI is InChI=1S/C18H20FNO2S/c1-18(2,22-15-9-5-13(19)6-10-15)17(21)20(14-7-8-14)12-16-4-3-11-23-16/h3-6,9-11,14H,7-8,12H2,1-2H3. The van der Waals surface area contributed by atoms with Crippen molar-refractivity contribution in [2.75, 3.05) is 0 Å². The summed E-state index contributed by atoms with van der Waals surface area (Å²) in [5, 5.41) is 2.02. The lowest BCUT2D eigenvalue weighted by atomic mass is 10.1. The van der Waals surface area contributed by atoms with Crippen LogP contribution in [0, 0.1) is 5.82 Å². The van der Waals surface area contributed by atoms with Crippen LogP contribution in [-0.4, -0.2) is 22.4 Å². The summed E-state index contributed by atoms with van der Waals surface area (Å²) in [4.78, 5) is 16.1. The molecule has 0 saturated heterocycles. The fraction of sp³-hybridized carbons (Fsp3) is 0.389. The van der Waals surface area contributed by atoms with Crippen LogP contribution in [0.2, 0.25) is 0 Å². The minimum atomic E-state index is -0.988. The lowest BCUT2D eigenvalue weighted by Gasteiger charge is -2.32. The molecular weight excluding hydrogens is 313 g/mol. The van der Waals surface area contributed by atoms with Crippen LogP contribution in [0.3, 0.4) is 0 Å². The minimum Gasteiger partial charge on any atom is -0.478 e. The zero-order valence-electron chi connectivity index (χ0n) is 13.3. The second-order valence-corrected chi connectivity index (χ2v) is 7.34. The molecule has 1 aliphatic carbocycles. The Balaban J connectivity index is 1.73. The zero-order valence-corrected chi connectivity index (χ0v) is 14.1. The molecule has 1 fully saturated rings. The predicted octanol–water partition coefficient (Wildman–Crippen LogP) is 4.24. The Bertz CT molecular complexity index is 663. The molecule has 1 saturated carbocycles. The van der Waals surface area contributed by atoms with Gasteiger partial charge in [-0.05, 0) is 62.4 Å². The number of benzene rings is 1. The van der Waals surface area contributed by atoms with E-state index in [0.717, 1.165) is 12.8 Å². The van der Waals surface area contributed by atoms with Crippen LogP contribution in [-0.2, 0) is 11.3 Å². The number of amides is 1. The van der Waals surface area contributed by atoms with Crippen molar-refractivity contribution in [1.82, 2.24) is 4.90 Å². The highest BCUT2D eigenvalue weighted by Crippen LogP contribution is 2.32. The fourth-order valence-electron chi connectivity index (χ4n) is 2.51. The van der Waals surface area contributed by atoms with Crippen LogP contribution in [0.15, 0.2) is 41.8 Å². The lowest BCUT2D eigenvalue weighted by Crippen LogP contribution is -2.49. The molecule has 0 bridgehead atoms. The van der Waals surface area contributed by atoms with E-state index in [1.807, 2.05) is 22.4 Å². The molecule has 23 heavy (non-hydrogen) atoms. The third kappa shape index (κ3) is 3.91. The van der Waals surface area contributed by atoms with Gasteiger partial charge in [-0.1, -0.05) is 6.07 Å². The third-order valence-electron chi connectivity index (χ3n) is 3.86. The maximum absolute atomic E-state index is 13.0. The Morgan fingerprint density at radius 3 is 2.57 bits per heavy atom. The van der Waals surface area contributed by atoms with E-state index in [9.17, 15) is 9.18 Å². The molecule has 1 aromatic carbocycles. The van der Waals surface area contributed by atoms with Gasteiger partial charge in [-0.3, -0.25) is 4.79 Å². The number of carbonyl (C=O) groups is 1. The molecule has 3 nitrogen and oxygen atoms in total. The molecule has 0 spiro atoms. The maximum atomic E-state index is 13.0. The monoisotopic (exact) mass is 333 g/mol. The number of carbonyl (C=O) groups excluding carboxylic acids is 1. The van der Waals surface area contributed by atoms with Crippen LogP contribution < -0.4 is 4.74 Å². The molecule has 0 atom stereocenters. The van der Waals surface area contributed by atoms with E-state index < -0.39 is 5.60 Å². The molecule has 122 valence electrons. The first kappa shape index (κ1) is 16.0. The second-order valence-electron chi connectivity index (χ2n) is 6.31. The summed E-state index contributed by atoms with van der Waals surface area (Å²) in [7, 11) is 0. The van der Waals surface area contributed by atoms with Crippen LogP contribution in [0.25, 0.3) is 0 Å².